The smallest absolute Gasteiger partial charge is 0.306 e. The lowest BCUT2D eigenvalue weighted by Gasteiger charge is -2.18. The van der Waals surface area contributed by atoms with E-state index in [0.29, 0.717) is 19.3 Å². The van der Waals surface area contributed by atoms with Gasteiger partial charge in [0.1, 0.15) is 13.2 Å². The SMILES string of the molecule is CCCCC/C=C/C=C/CCCCCCCCC(=O)OCC(COC(=O)CCCCCCCC/C=C/CCCCCCC)OC(=O)CCCCCCCCCCCCCCC. The fraction of sp³-hybridized carbons (Fsp3) is 0.836. The van der Waals surface area contributed by atoms with Crippen LogP contribution in [0.5, 0.6) is 0 Å². The molecule has 0 rings (SSSR count). The molecule has 0 aromatic carbocycles. The first kappa shape index (κ1) is 58.6. The Morgan fingerprint density at radius 3 is 0.951 bits per heavy atom. The van der Waals surface area contributed by atoms with Crippen molar-refractivity contribution in [3.63, 3.8) is 0 Å². The number of carbonyl (C=O) groups excluding carboxylic acids is 3. The first-order valence-corrected chi connectivity index (χ1v) is 26.5. The van der Waals surface area contributed by atoms with Crippen molar-refractivity contribution in [1.29, 1.82) is 0 Å². The lowest BCUT2D eigenvalue weighted by Crippen LogP contribution is -2.30. The van der Waals surface area contributed by atoms with Crippen molar-refractivity contribution in [3.8, 4) is 0 Å². The van der Waals surface area contributed by atoms with E-state index in [2.05, 4.69) is 57.2 Å². The molecular formula is C55H100O6. The lowest BCUT2D eigenvalue weighted by atomic mass is 10.0. The van der Waals surface area contributed by atoms with Gasteiger partial charge in [-0.25, -0.2) is 0 Å². The summed E-state index contributed by atoms with van der Waals surface area (Å²) in [5.74, 6) is -0.882. The van der Waals surface area contributed by atoms with E-state index >= 15 is 0 Å². The van der Waals surface area contributed by atoms with Crippen LogP contribution in [-0.4, -0.2) is 37.2 Å². The summed E-state index contributed by atoms with van der Waals surface area (Å²) in [6.45, 7) is 6.61. The first-order chi connectivity index (χ1) is 30.0. The third kappa shape index (κ3) is 48.5. The van der Waals surface area contributed by atoms with E-state index in [-0.39, 0.29) is 31.1 Å². The summed E-state index contributed by atoms with van der Waals surface area (Å²) in [7, 11) is 0. The van der Waals surface area contributed by atoms with Gasteiger partial charge in [-0.15, -0.1) is 0 Å². The van der Waals surface area contributed by atoms with E-state index in [4.69, 9.17) is 14.2 Å². The van der Waals surface area contributed by atoms with E-state index in [9.17, 15) is 14.4 Å². The fourth-order valence-electron chi connectivity index (χ4n) is 7.60. The Hall–Kier alpha value is -2.37. The average molecular weight is 857 g/mol. The highest BCUT2D eigenvalue weighted by Crippen LogP contribution is 2.15. The molecule has 6 nitrogen and oxygen atoms in total. The second-order valence-corrected chi connectivity index (χ2v) is 17.8. The highest BCUT2D eigenvalue weighted by Gasteiger charge is 2.19. The predicted molar refractivity (Wildman–Crippen MR) is 261 cm³/mol. The van der Waals surface area contributed by atoms with Crippen LogP contribution in [0.25, 0.3) is 0 Å². The van der Waals surface area contributed by atoms with Crippen LogP contribution >= 0.6 is 0 Å². The Labute approximate surface area is 378 Å². The van der Waals surface area contributed by atoms with Crippen molar-refractivity contribution in [2.75, 3.05) is 13.2 Å². The van der Waals surface area contributed by atoms with Crippen LogP contribution in [0.4, 0.5) is 0 Å². The van der Waals surface area contributed by atoms with Gasteiger partial charge in [0, 0.05) is 19.3 Å². The number of rotatable bonds is 48. The van der Waals surface area contributed by atoms with Crippen molar-refractivity contribution < 1.29 is 28.6 Å². The Balaban J connectivity index is 4.37. The molecule has 1 unspecified atom stereocenters. The molecule has 6 heteroatoms. The maximum absolute atomic E-state index is 12.8. The zero-order valence-electron chi connectivity index (χ0n) is 40.7. The van der Waals surface area contributed by atoms with Gasteiger partial charge in [-0.3, -0.25) is 14.4 Å². The van der Waals surface area contributed by atoms with E-state index in [1.54, 1.807) is 0 Å². The van der Waals surface area contributed by atoms with Crippen molar-refractivity contribution in [1.82, 2.24) is 0 Å². The van der Waals surface area contributed by atoms with Crippen LogP contribution in [0, 0.1) is 0 Å². The van der Waals surface area contributed by atoms with Gasteiger partial charge in [-0.1, -0.05) is 224 Å². The van der Waals surface area contributed by atoms with E-state index < -0.39 is 6.10 Å². The molecule has 0 aliphatic carbocycles. The molecule has 0 saturated carbocycles. The van der Waals surface area contributed by atoms with Gasteiger partial charge in [-0.05, 0) is 70.6 Å². The Morgan fingerprint density at radius 1 is 0.328 bits per heavy atom. The van der Waals surface area contributed by atoms with Gasteiger partial charge in [0.15, 0.2) is 6.10 Å². The molecule has 0 radical (unpaired) electrons. The Bertz CT molecular complexity index is 1030. The molecule has 0 saturated heterocycles. The second kappa shape index (κ2) is 50.3. The van der Waals surface area contributed by atoms with Gasteiger partial charge in [-0.2, -0.15) is 0 Å². The van der Waals surface area contributed by atoms with Crippen molar-refractivity contribution in [3.05, 3.63) is 36.5 Å². The second-order valence-electron chi connectivity index (χ2n) is 17.8. The third-order valence-corrected chi connectivity index (χ3v) is 11.6. The van der Waals surface area contributed by atoms with Crippen LogP contribution in [0.3, 0.4) is 0 Å². The summed E-state index contributed by atoms with van der Waals surface area (Å²) in [5.41, 5.74) is 0. The largest absolute Gasteiger partial charge is 0.462 e. The van der Waals surface area contributed by atoms with E-state index in [0.717, 1.165) is 70.6 Å². The normalized spacial score (nSPS) is 12.2. The number of hydrogen-bond acceptors (Lipinski definition) is 6. The van der Waals surface area contributed by atoms with Crippen LogP contribution in [-0.2, 0) is 28.6 Å². The summed E-state index contributed by atoms with van der Waals surface area (Å²) in [4.78, 5) is 38.0. The van der Waals surface area contributed by atoms with Gasteiger partial charge in [0.05, 0.1) is 0 Å². The quantitative estimate of drug-likeness (QED) is 0.0199. The molecular weight excluding hydrogens is 757 g/mol. The number of esters is 3. The number of hydrogen-bond donors (Lipinski definition) is 0. The lowest BCUT2D eigenvalue weighted by molar-refractivity contribution is -0.167. The van der Waals surface area contributed by atoms with Gasteiger partial charge in [0.25, 0.3) is 0 Å². The molecule has 0 spiro atoms. The minimum atomic E-state index is -0.775. The molecule has 0 fully saturated rings. The van der Waals surface area contributed by atoms with Crippen molar-refractivity contribution in [2.45, 2.75) is 284 Å². The first-order valence-electron chi connectivity index (χ1n) is 26.5. The van der Waals surface area contributed by atoms with Crippen molar-refractivity contribution >= 4 is 17.9 Å². The molecule has 0 heterocycles. The number of allylic oxidation sites excluding steroid dienone is 6. The highest BCUT2D eigenvalue weighted by atomic mass is 16.6. The summed E-state index contributed by atoms with van der Waals surface area (Å²) in [6.07, 6.45) is 58.3. The molecule has 1 atom stereocenters. The predicted octanol–water partition coefficient (Wildman–Crippen LogP) is 17.3. The van der Waals surface area contributed by atoms with E-state index in [1.807, 2.05) is 0 Å². The summed E-state index contributed by atoms with van der Waals surface area (Å²) < 4.78 is 16.8. The molecule has 0 aromatic rings. The van der Waals surface area contributed by atoms with Gasteiger partial charge < -0.3 is 14.2 Å². The molecule has 0 amide bonds. The van der Waals surface area contributed by atoms with E-state index in [1.165, 1.54) is 167 Å². The molecule has 0 N–H and O–H groups in total. The zero-order chi connectivity index (χ0) is 44.4. The summed E-state index contributed by atoms with van der Waals surface area (Å²) in [5, 5.41) is 0. The molecule has 61 heavy (non-hydrogen) atoms. The number of carbonyl (C=O) groups is 3. The zero-order valence-corrected chi connectivity index (χ0v) is 40.7. The molecule has 0 bridgehead atoms. The maximum atomic E-state index is 12.8. The van der Waals surface area contributed by atoms with Crippen LogP contribution < -0.4 is 0 Å². The molecule has 356 valence electrons. The third-order valence-electron chi connectivity index (χ3n) is 11.6. The summed E-state index contributed by atoms with van der Waals surface area (Å²) >= 11 is 0. The van der Waals surface area contributed by atoms with Crippen LogP contribution in [0.2, 0.25) is 0 Å². The minimum Gasteiger partial charge on any atom is -0.462 e. The molecule has 0 aliphatic rings. The fourth-order valence-corrected chi connectivity index (χ4v) is 7.60. The minimum absolute atomic E-state index is 0.0762. The highest BCUT2D eigenvalue weighted by molar-refractivity contribution is 5.71. The maximum Gasteiger partial charge on any atom is 0.306 e. The van der Waals surface area contributed by atoms with Crippen LogP contribution in [0.1, 0.15) is 278 Å². The number of ether oxygens (including phenoxy) is 3. The summed E-state index contributed by atoms with van der Waals surface area (Å²) in [6, 6.07) is 0. The topological polar surface area (TPSA) is 78.9 Å². The Morgan fingerprint density at radius 2 is 0.590 bits per heavy atom. The van der Waals surface area contributed by atoms with Crippen molar-refractivity contribution in [2.24, 2.45) is 0 Å². The molecule has 0 aromatic heterocycles. The monoisotopic (exact) mass is 857 g/mol. The van der Waals surface area contributed by atoms with Gasteiger partial charge in [0.2, 0.25) is 0 Å². The standard InChI is InChI=1S/C55H100O6/c1-4-7-10-13-16-19-22-25-27-30-32-35-38-41-44-47-53(56)59-50-52(61-55(58)49-46-43-40-37-34-29-24-21-18-15-12-9-6-3)51-60-54(57)48-45-42-39-36-33-31-28-26-23-20-17-14-11-8-5-2/h16,19,22-23,25-26,52H,4-15,17-18,20-21,24,27-51H2,1-3H3/b19-16+,25-22+,26-23+. The molecule has 0 aliphatic heterocycles. The number of unbranched alkanes of at least 4 members (excludes halogenated alkanes) is 32. The average Bonchev–Trinajstić information content (AvgIpc) is 3.26. The van der Waals surface area contributed by atoms with Gasteiger partial charge >= 0.3 is 17.9 Å². The Kier molecular flexibility index (Phi) is 48.3. The van der Waals surface area contributed by atoms with Crippen LogP contribution in [0.15, 0.2) is 36.5 Å².